The third kappa shape index (κ3) is 3.70. The van der Waals surface area contributed by atoms with Crippen LogP contribution < -0.4 is 10.6 Å². The molecule has 3 aliphatic rings. The van der Waals surface area contributed by atoms with E-state index in [1.54, 1.807) is 7.05 Å². The van der Waals surface area contributed by atoms with Gasteiger partial charge in [-0.25, -0.2) is 8.78 Å². The lowest BCUT2D eigenvalue weighted by atomic mass is 10.1. The predicted octanol–water partition coefficient (Wildman–Crippen LogP) is 3.00. The van der Waals surface area contributed by atoms with Gasteiger partial charge in [-0.3, -0.25) is 9.89 Å². The van der Waals surface area contributed by atoms with E-state index >= 15 is 0 Å². The van der Waals surface area contributed by atoms with Gasteiger partial charge in [-0.15, -0.1) is 0 Å². The van der Waals surface area contributed by atoms with Gasteiger partial charge < -0.3 is 10.6 Å². The van der Waals surface area contributed by atoms with Crippen molar-refractivity contribution in [1.82, 2.24) is 15.5 Å². The molecule has 1 heterocycles. The monoisotopic (exact) mass is 362 g/mol. The first-order chi connectivity index (χ1) is 12.7. The Bertz CT molecular complexity index is 652. The topological polar surface area (TPSA) is 39.7 Å². The molecule has 1 aromatic carbocycles. The Labute approximate surface area is 154 Å². The average Bonchev–Trinajstić information content (AvgIpc) is 3.04. The van der Waals surface area contributed by atoms with E-state index in [1.165, 1.54) is 43.9 Å². The van der Waals surface area contributed by atoms with Crippen molar-refractivity contribution in [2.75, 3.05) is 20.1 Å². The summed E-state index contributed by atoms with van der Waals surface area (Å²) in [4.78, 5) is 6.92. The van der Waals surface area contributed by atoms with Crippen molar-refractivity contribution in [3.8, 4) is 0 Å². The van der Waals surface area contributed by atoms with Crippen LogP contribution in [0.5, 0.6) is 0 Å². The van der Waals surface area contributed by atoms with E-state index in [0.717, 1.165) is 37.9 Å². The molecule has 2 aliphatic carbocycles. The van der Waals surface area contributed by atoms with Crippen LogP contribution >= 0.6 is 0 Å². The maximum atomic E-state index is 13.9. The molecule has 2 saturated carbocycles. The minimum Gasteiger partial charge on any atom is -0.353 e. The Kier molecular flexibility index (Phi) is 5.11. The Morgan fingerprint density at radius 2 is 1.85 bits per heavy atom. The van der Waals surface area contributed by atoms with Gasteiger partial charge in [0.15, 0.2) is 5.96 Å². The molecule has 1 saturated heterocycles. The lowest BCUT2D eigenvalue weighted by Gasteiger charge is -2.24. The third-order valence-electron chi connectivity index (χ3n) is 6.11. The van der Waals surface area contributed by atoms with E-state index in [-0.39, 0.29) is 17.5 Å². The number of hydrogen-bond acceptors (Lipinski definition) is 2. The van der Waals surface area contributed by atoms with Gasteiger partial charge in [-0.2, -0.15) is 0 Å². The van der Waals surface area contributed by atoms with Crippen LogP contribution in [0.2, 0.25) is 0 Å². The number of halogens is 2. The normalized spacial score (nSPS) is 30.0. The van der Waals surface area contributed by atoms with E-state index in [0.29, 0.717) is 6.04 Å². The molecule has 0 amide bonds. The minimum atomic E-state index is -0.453. The van der Waals surface area contributed by atoms with Gasteiger partial charge in [0.2, 0.25) is 0 Å². The molecule has 1 aromatic rings. The maximum absolute atomic E-state index is 13.9. The second-order valence-electron chi connectivity index (χ2n) is 7.86. The van der Waals surface area contributed by atoms with E-state index < -0.39 is 11.6 Å². The third-order valence-corrected chi connectivity index (χ3v) is 6.11. The smallest absolute Gasteiger partial charge is 0.191 e. The first-order valence-corrected chi connectivity index (χ1v) is 9.83. The zero-order valence-electron chi connectivity index (χ0n) is 15.3. The molecule has 6 heteroatoms. The fourth-order valence-corrected chi connectivity index (χ4v) is 4.58. The first-order valence-electron chi connectivity index (χ1n) is 9.83. The van der Waals surface area contributed by atoms with Crippen molar-refractivity contribution in [2.45, 2.75) is 62.6 Å². The van der Waals surface area contributed by atoms with Crippen molar-refractivity contribution in [3.05, 3.63) is 35.4 Å². The molecule has 3 fully saturated rings. The van der Waals surface area contributed by atoms with Crippen LogP contribution in [-0.2, 0) is 0 Å². The number of nitrogens with one attached hydrogen (secondary N) is 2. The molecule has 3 unspecified atom stereocenters. The number of nitrogens with zero attached hydrogens (tertiary/aromatic N) is 2. The fourth-order valence-electron chi connectivity index (χ4n) is 4.58. The summed E-state index contributed by atoms with van der Waals surface area (Å²) >= 11 is 0. The fraction of sp³-hybridized carbons (Fsp3) is 0.650. The largest absolute Gasteiger partial charge is 0.353 e. The highest BCUT2D eigenvalue weighted by molar-refractivity contribution is 5.81. The molecule has 4 nitrogen and oxygen atoms in total. The number of rotatable bonds is 4. The van der Waals surface area contributed by atoms with Crippen LogP contribution in [0.3, 0.4) is 0 Å². The predicted molar refractivity (Wildman–Crippen MR) is 99.4 cm³/mol. The summed E-state index contributed by atoms with van der Waals surface area (Å²) in [6.45, 7) is 2.20. The van der Waals surface area contributed by atoms with Gasteiger partial charge in [0, 0.05) is 49.7 Å². The van der Waals surface area contributed by atoms with E-state index in [2.05, 4.69) is 20.5 Å². The van der Waals surface area contributed by atoms with Gasteiger partial charge in [0.1, 0.15) is 11.6 Å². The SMILES string of the molecule is CN=C(NC1CCN(C2CCCC2)C1)NC1CC1c1c(F)cccc1F. The molecule has 142 valence electrons. The van der Waals surface area contributed by atoms with E-state index in [9.17, 15) is 8.78 Å². The summed E-state index contributed by atoms with van der Waals surface area (Å²) < 4.78 is 27.9. The summed E-state index contributed by atoms with van der Waals surface area (Å²) in [6.07, 6.45) is 7.23. The summed E-state index contributed by atoms with van der Waals surface area (Å²) in [6, 6.07) is 5.27. The second-order valence-corrected chi connectivity index (χ2v) is 7.86. The first kappa shape index (κ1) is 17.7. The molecule has 0 bridgehead atoms. The average molecular weight is 362 g/mol. The molecule has 4 rings (SSSR count). The Morgan fingerprint density at radius 3 is 2.54 bits per heavy atom. The van der Waals surface area contributed by atoms with Crippen LogP contribution in [0.4, 0.5) is 8.78 Å². The van der Waals surface area contributed by atoms with E-state index in [4.69, 9.17) is 0 Å². The lowest BCUT2D eigenvalue weighted by molar-refractivity contribution is 0.242. The molecule has 0 radical (unpaired) electrons. The van der Waals surface area contributed by atoms with Crippen molar-refractivity contribution >= 4 is 5.96 Å². The highest BCUT2D eigenvalue weighted by atomic mass is 19.1. The lowest BCUT2D eigenvalue weighted by Crippen LogP contribution is -2.46. The number of hydrogen-bond donors (Lipinski definition) is 2. The summed E-state index contributed by atoms with van der Waals surface area (Å²) in [5.74, 6) is -0.281. The molecule has 2 N–H and O–H groups in total. The van der Waals surface area contributed by atoms with Crippen molar-refractivity contribution < 1.29 is 8.78 Å². The molecule has 3 atom stereocenters. The standard InChI is InChI=1S/C20H28F2N4/c1-23-20(24-13-9-10-26(12-13)14-5-2-3-6-14)25-18-11-15(18)19-16(21)7-4-8-17(19)22/h4,7-8,13-15,18H,2-3,5-6,9-12H2,1H3,(H2,23,24,25). The van der Waals surface area contributed by atoms with Crippen molar-refractivity contribution in [1.29, 1.82) is 0 Å². The van der Waals surface area contributed by atoms with Gasteiger partial charge in [-0.1, -0.05) is 18.9 Å². The second kappa shape index (κ2) is 7.51. The molecule has 0 aromatic heterocycles. The molecule has 26 heavy (non-hydrogen) atoms. The number of likely N-dealkylation sites (tertiary alicyclic amines) is 1. The summed E-state index contributed by atoms with van der Waals surface area (Å²) in [5.41, 5.74) is 0.203. The van der Waals surface area contributed by atoms with Gasteiger partial charge in [0.05, 0.1) is 0 Å². The molecular formula is C20H28F2N4. The van der Waals surface area contributed by atoms with Crippen LogP contribution in [-0.4, -0.2) is 49.1 Å². The van der Waals surface area contributed by atoms with Gasteiger partial charge >= 0.3 is 0 Å². The van der Waals surface area contributed by atoms with Gasteiger partial charge in [-0.05, 0) is 37.8 Å². The van der Waals surface area contributed by atoms with Crippen LogP contribution in [0.25, 0.3) is 0 Å². The number of aliphatic imine (C=N–C) groups is 1. The Hall–Kier alpha value is -1.69. The summed E-state index contributed by atoms with van der Waals surface area (Å²) in [7, 11) is 1.75. The highest BCUT2D eigenvalue weighted by Gasteiger charge is 2.42. The molecular weight excluding hydrogens is 334 g/mol. The zero-order chi connectivity index (χ0) is 18.1. The summed E-state index contributed by atoms with van der Waals surface area (Å²) in [5, 5.41) is 6.84. The van der Waals surface area contributed by atoms with Crippen LogP contribution in [0, 0.1) is 11.6 Å². The maximum Gasteiger partial charge on any atom is 0.191 e. The highest BCUT2D eigenvalue weighted by Crippen LogP contribution is 2.43. The quantitative estimate of drug-likeness (QED) is 0.639. The van der Waals surface area contributed by atoms with E-state index in [1.807, 2.05) is 0 Å². The zero-order valence-corrected chi connectivity index (χ0v) is 15.3. The minimum absolute atomic E-state index is 0.0416. The Balaban J connectivity index is 1.30. The van der Waals surface area contributed by atoms with Crippen LogP contribution in [0.1, 0.15) is 50.0 Å². The van der Waals surface area contributed by atoms with Crippen molar-refractivity contribution in [2.24, 2.45) is 4.99 Å². The van der Waals surface area contributed by atoms with Crippen LogP contribution in [0.15, 0.2) is 23.2 Å². The number of benzene rings is 1. The molecule has 1 aliphatic heterocycles. The van der Waals surface area contributed by atoms with Crippen molar-refractivity contribution in [3.63, 3.8) is 0 Å². The van der Waals surface area contributed by atoms with Gasteiger partial charge in [0.25, 0.3) is 0 Å². The number of guanidine groups is 1. The molecule has 0 spiro atoms. The Morgan fingerprint density at radius 1 is 1.12 bits per heavy atom.